The normalized spacial score (nSPS) is 24.2. The van der Waals surface area contributed by atoms with Gasteiger partial charge in [-0.25, -0.2) is 8.42 Å². The van der Waals surface area contributed by atoms with Gasteiger partial charge in [-0.3, -0.25) is 4.79 Å². The fourth-order valence-electron chi connectivity index (χ4n) is 8.36. The van der Waals surface area contributed by atoms with Crippen LogP contribution in [-0.4, -0.2) is 42.1 Å². The SMILES string of the molecule is O=C(c1ccn(-c2ccc(S(=O)(=O)C3CC3)cc2)c1)N1CCC(C2(C3CCCC3)CCCc3ccccc32)CC1. The van der Waals surface area contributed by atoms with Crippen LogP contribution in [0, 0.1) is 11.8 Å². The van der Waals surface area contributed by atoms with E-state index in [0.717, 1.165) is 50.4 Å². The molecule has 1 unspecified atom stereocenters. The number of sulfone groups is 1. The first-order chi connectivity index (χ1) is 19.5. The van der Waals surface area contributed by atoms with Crippen molar-refractivity contribution in [2.45, 2.75) is 86.2 Å². The predicted molar refractivity (Wildman–Crippen MR) is 158 cm³/mol. The van der Waals surface area contributed by atoms with Crippen LogP contribution in [0.15, 0.2) is 71.9 Å². The van der Waals surface area contributed by atoms with Gasteiger partial charge in [-0.2, -0.15) is 0 Å². The Hall–Kier alpha value is -2.86. The summed E-state index contributed by atoms with van der Waals surface area (Å²) in [4.78, 5) is 16.0. The quantitative estimate of drug-likeness (QED) is 0.338. The van der Waals surface area contributed by atoms with Crippen molar-refractivity contribution in [1.82, 2.24) is 9.47 Å². The third-order valence-electron chi connectivity index (χ3n) is 10.5. The Morgan fingerprint density at radius 2 is 1.50 bits per heavy atom. The molecule has 210 valence electrons. The van der Waals surface area contributed by atoms with Crippen LogP contribution >= 0.6 is 0 Å². The predicted octanol–water partition coefficient (Wildman–Crippen LogP) is 6.73. The zero-order valence-corrected chi connectivity index (χ0v) is 24.1. The summed E-state index contributed by atoms with van der Waals surface area (Å²) in [5.41, 5.74) is 5.04. The molecule has 6 heteroatoms. The number of hydrogen-bond donors (Lipinski definition) is 0. The molecule has 7 rings (SSSR count). The van der Waals surface area contributed by atoms with Gasteiger partial charge in [0.25, 0.3) is 5.91 Å². The molecule has 40 heavy (non-hydrogen) atoms. The lowest BCUT2D eigenvalue weighted by Gasteiger charge is -2.52. The summed E-state index contributed by atoms with van der Waals surface area (Å²) in [5.74, 6) is 1.51. The van der Waals surface area contributed by atoms with Crippen LogP contribution in [0.1, 0.15) is 85.7 Å². The molecule has 2 saturated carbocycles. The molecule has 1 aromatic heterocycles. The number of aromatic nitrogens is 1. The van der Waals surface area contributed by atoms with Crippen LogP contribution in [-0.2, 0) is 21.7 Å². The van der Waals surface area contributed by atoms with Crippen LogP contribution in [0.3, 0.4) is 0 Å². The average molecular weight is 557 g/mol. The van der Waals surface area contributed by atoms with Gasteiger partial charge < -0.3 is 9.47 Å². The zero-order chi connectivity index (χ0) is 27.3. The molecule has 0 spiro atoms. The van der Waals surface area contributed by atoms with Gasteiger partial charge in [0.1, 0.15) is 0 Å². The number of carbonyl (C=O) groups excluding carboxylic acids is 1. The lowest BCUT2D eigenvalue weighted by atomic mass is 9.54. The van der Waals surface area contributed by atoms with Gasteiger partial charge in [0, 0.05) is 36.6 Å². The molecule has 5 nitrogen and oxygen atoms in total. The maximum Gasteiger partial charge on any atom is 0.255 e. The summed E-state index contributed by atoms with van der Waals surface area (Å²) in [6.07, 6.45) is 16.7. The van der Waals surface area contributed by atoms with Crippen LogP contribution in [0.5, 0.6) is 0 Å². The van der Waals surface area contributed by atoms with Crippen molar-refractivity contribution >= 4 is 15.7 Å². The number of likely N-dealkylation sites (tertiary alicyclic amines) is 1. The summed E-state index contributed by atoms with van der Waals surface area (Å²) in [6, 6.07) is 18.2. The first kappa shape index (κ1) is 26.1. The van der Waals surface area contributed by atoms with Crippen LogP contribution in [0.2, 0.25) is 0 Å². The molecule has 3 aromatic rings. The number of rotatable bonds is 6. The molecule has 0 N–H and O–H groups in total. The second-order valence-corrected chi connectivity index (χ2v) is 14.9. The molecule has 1 amide bonds. The van der Waals surface area contributed by atoms with Gasteiger partial charge in [-0.1, -0.05) is 37.1 Å². The van der Waals surface area contributed by atoms with Crippen molar-refractivity contribution in [1.29, 1.82) is 0 Å². The Morgan fingerprint density at radius 3 is 2.23 bits per heavy atom. The lowest BCUT2D eigenvalue weighted by molar-refractivity contribution is 0.0520. The Kier molecular flexibility index (Phi) is 6.65. The molecule has 4 aliphatic rings. The number of fused-ring (bicyclic) bond motifs is 1. The molecule has 1 saturated heterocycles. The molecule has 0 radical (unpaired) electrons. The van der Waals surface area contributed by atoms with Gasteiger partial charge in [-0.05, 0) is 111 Å². The van der Waals surface area contributed by atoms with Gasteiger partial charge in [-0.15, -0.1) is 0 Å². The van der Waals surface area contributed by atoms with E-state index in [1.807, 2.05) is 35.2 Å². The fourth-order valence-corrected chi connectivity index (χ4v) is 10.0. The number of aryl methyl sites for hydroxylation is 1. The van der Waals surface area contributed by atoms with Crippen molar-refractivity contribution in [3.63, 3.8) is 0 Å². The number of nitrogens with zero attached hydrogens (tertiary/aromatic N) is 2. The summed E-state index contributed by atoms with van der Waals surface area (Å²) in [5, 5.41) is -0.209. The average Bonchev–Trinajstić information content (AvgIpc) is 3.50. The minimum Gasteiger partial charge on any atom is -0.339 e. The maximum atomic E-state index is 13.6. The minimum atomic E-state index is -3.20. The Morgan fingerprint density at radius 1 is 0.800 bits per heavy atom. The highest BCUT2D eigenvalue weighted by Gasteiger charge is 2.49. The summed E-state index contributed by atoms with van der Waals surface area (Å²) >= 11 is 0. The highest BCUT2D eigenvalue weighted by Crippen LogP contribution is 2.55. The summed E-state index contributed by atoms with van der Waals surface area (Å²) in [6.45, 7) is 1.64. The van der Waals surface area contributed by atoms with E-state index in [-0.39, 0.29) is 16.6 Å². The van der Waals surface area contributed by atoms with E-state index >= 15 is 0 Å². The molecule has 2 aromatic carbocycles. The molecule has 3 fully saturated rings. The second kappa shape index (κ2) is 10.2. The molecule has 2 heterocycles. The first-order valence-corrected chi connectivity index (χ1v) is 16.9. The van der Waals surface area contributed by atoms with E-state index in [9.17, 15) is 13.2 Å². The molecule has 3 aliphatic carbocycles. The summed E-state index contributed by atoms with van der Waals surface area (Å²) in [7, 11) is -3.20. The molecule has 0 bridgehead atoms. The van der Waals surface area contributed by atoms with Gasteiger partial charge >= 0.3 is 0 Å². The van der Waals surface area contributed by atoms with E-state index in [4.69, 9.17) is 0 Å². The van der Waals surface area contributed by atoms with Gasteiger partial charge in [0.05, 0.1) is 15.7 Å². The van der Waals surface area contributed by atoms with E-state index in [0.29, 0.717) is 16.4 Å². The number of carbonyl (C=O) groups is 1. The first-order valence-electron chi connectivity index (χ1n) is 15.4. The minimum absolute atomic E-state index is 0.101. The largest absolute Gasteiger partial charge is 0.339 e. The van der Waals surface area contributed by atoms with Crippen LogP contribution < -0.4 is 0 Å². The van der Waals surface area contributed by atoms with E-state index < -0.39 is 9.84 Å². The molecular weight excluding hydrogens is 516 g/mol. The Bertz CT molecular complexity index is 1490. The number of benzene rings is 2. The number of piperidine rings is 1. The van der Waals surface area contributed by atoms with Crippen molar-refractivity contribution in [2.24, 2.45) is 11.8 Å². The maximum absolute atomic E-state index is 13.6. The highest BCUT2D eigenvalue weighted by molar-refractivity contribution is 7.92. The van der Waals surface area contributed by atoms with Crippen molar-refractivity contribution in [3.8, 4) is 5.69 Å². The summed E-state index contributed by atoms with van der Waals surface area (Å²) < 4.78 is 27.0. The highest BCUT2D eigenvalue weighted by atomic mass is 32.2. The molecular formula is C34H40N2O3S. The van der Waals surface area contributed by atoms with E-state index in [2.05, 4.69) is 29.2 Å². The fraction of sp³-hybridized carbons (Fsp3) is 0.500. The third kappa shape index (κ3) is 4.43. The Balaban J connectivity index is 1.06. The number of amides is 1. The van der Waals surface area contributed by atoms with E-state index in [1.54, 1.807) is 23.3 Å². The third-order valence-corrected chi connectivity index (χ3v) is 12.8. The van der Waals surface area contributed by atoms with E-state index in [1.165, 1.54) is 44.9 Å². The monoisotopic (exact) mass is 556 g/mol. The molecule has 1 atom stereocenters. The Labute approximate surface area is 238 Å². The molecule has 1 aliphatic heterocycles. The second-order valence-electron chi connectivity index (χ2n) is 12.6. The van der Waals surface area contributed by atoms with Crippen molar-refractivity contribution in [3.05, 3.63) is 83.7 Å². The van der Waals surface area contributed by atoms with Gasteiger partial charge in [0.2, 0.25) is 0 Å². The van der Waals surface area contributed by atoms with Crippen LogP contribution in [0.4, 0.5) is 0 Å². The van der Waals surface area contributed by atoms with Crippen molar-refractivity contribution < 1.29 is 13.2 Å². The number of hydrogen-bond acceptors (Lipinski definition) is 3. The van der Waals surface area contributed by atoms with Crippen molar-refractivity contribution in [2.75, 3.05) is 13.1 Å². The zero-order valence-electron chi connectivity index (χ0n) is 23.3. The standard InChI is InChI=1S/C34H40N2O3S/c37-33(26-17-21-36(24-26)29-11-13-30(14-12-29)40(38,39)31-15-16-31)35-22-18-28(19-23-35)34(27-8-2-3-9-27)20-5-7-25-6-1-4-10-32(25)34/h1,4,6,10-14,17,21,24,27-28,31H,2-3,5,7-9,15-16,18-20,22-23H2. The topological polar surface area (TPSA) is 59.4 Å². The smallest absolute Gasteiger partial charge is 0.255 e. The van der Waals surface area contributed by atoms with Crippen LogP contribution in [0.25, 0.3) is 5.69 Å². The lowest BCUT2D eigenvalue weighted by Crippen LogP contribution is -2.49. The van der Waals surface area contributed by atoms with Gasteiger partial charge in [0.15, 0.2) is 9.84 Å².